The van der Waals surface area contributed by atoms with Crippen LogP contribution in [0.1, 0.15) is 12.8 Å². The predicted molar refractivity (Wildman–Crippen MR) is 99.5 cm³/mol. The number of hydrogen-bond acceptors (Lipinski definition) is 5. The Hall–Kier alpha value is -2.54. The molecule has 0 saturated carbocycles. The Kier molecular flexibility index (Phi) is 6.12. The summed E-state index contributed by atoms with van der Waals surface area (Å²) in [6.45, 7) is 2.82. The first-order valence-corrected chi connectivity index (χ1v) is 8.91. The number of methoxy groups -OCH3 is 1. The summed E-state index contributed by atoms with van der Waals surface area (Å²) in [6.07, 6.45) is 3.99. The van der Waals surface area contributed by atoms with Gasteiger partial charge in [0, 0.05) is 37.8 Å². The van der Waals surface area contributed by atoms with Crippen LogP contribution in [-0.2, 0) is 11.8 Å². The molecule has 1 amide bonds. The van der Waals surface area contributed by atoms with Crippen LogP contribution in [0.4, 0.5) is 5.82 Å². The van der Waals surface area contributed by atoms with E-state index in [-0.39, 0.29) is 5.91 Å². The topological polar surface area (TPSA) is 68.6 Å². The summed E-state index contributed by atoms with van der Waals surface area (Å²) in [5, 5.41) is 7.01. The molecule has 0 aliphatic carbocycles. The van der Waals surface area contributed by atoms with Crippen molar-refractivity contribution in [3.05, 3.63) is 36.5 Å². The van der Waals surface area contributed by atoms with E-state index in [2.05, 4.69) is 15.3 Å². The number of ether oxygens (including phenoxy) is 2. The molecule has 26 heavy (non-hydrogen) atoms. The Balaban J connectivity index is 1.45. The lowest BCUT2D eigenvalue weighted by atomic mass is 9.99. The van der Waals surface area contributed by atoms with E-state index in [9.17, 15) is 4.79 Å². The minimum Gasteiger partial charge on any atom is -0.497 e. The maximum atomic E-state index is 12.2. The van der Waals surface area contributed by atoms with E-state index in [4.69, 9.17) is 9.47 Å². The number of benzene rings is 1. The number of nitrogens with zero attached hydrogens (tertiary/aromatic N) is 3. The second-order valence-corrected chi connectivity index (χ2v) is 6.66. The summed E-state index contributed by atoms with van der Waals surface area (Å²) in [6, 6.07) is 9.43. The number of hydrogen-bond donors (Lipinski definition) is 1. The van der Waals surface area contributed by atoms with Crippen LogP contribution < -0.4 is 14.8 Å². The first-order valence-electron chi connectivity index (χ1n) is 8.91. The molecule has 140 valence electrons. The van der Waals surface area contributed by atoms with Crippen LogP contribution in [-0.4, -0.2) is 53.9 Å². The molecule has 2 heterocycles. The summed E-state index contributed by atoms with van der Waals surface area (Å²) in [4.78, 5) is 14.4. The number of aromatic nitrogens is 2. The molecule has 1 N–H and O–H groups in total. The van der Waals surface area contributed by atoms with Crippen molar-refractivity contribution in [2.75, 3.05) is 38.7 Å². The fraction of sp³-hybridized carbons (Fsp3) is 0.474. The molecule has 2 aromatic rings. The number of carbonyl (C=O) groups is 1. The van der Waals surface area contributed by atoms with E-state index in [0.29, 0.717) is 24.9 Å². The van der Waals surface area contributed by atoms with Crippen LogP contribution in [0.2, 0.25) is 0 Å². The van der Waals surface area contributed by atoms with Gasteiger partial charge in [0.2, 0.25) is 5.91 Å². The van der Waals surface area contributed by atoms with Gasteiger partial charge >= 0.3 is 0 Å². The average molecular weight is 358 g/mol. The Morgan fingerprint density at radius 1 is 1.35 bits per heavy atom. The molecule has 7 heteroatoms. The Morgan fingerprint density at radius 2 is 2.19 bits per heavy atom. The molecule has 0 radical (unpaired) electrons. The van der Waals surface area contributed by atoms with Gasteiger partial charge in [0.15, 0.2) is 5.82 Å². The van der Waals surface area contributed by atoms with Crippen molar-refractivity contribution in [2.24, 2.45) is 13.0 Å². The van der Waals surface area contributed by atoms with Gasteiger partial charge in [-0.2, -0.15) is 5.10 Å². The number of anilines is 1. The lowest BCUT2D eigenvalue weighted by Crippen LogP contribution is -2.42. The minimum atomic E-state index is -0.0296. The summed E-state index contributed by atoms with van der Waals surface area (Å²) < 4.78 is 12.8. The van der Waals surface area contributed by atoms with Crippen LogP contribution in [0.5, 0.6) is 11.5 Å². The van der Waals surface area contributed by atoms with Gasteiger partial charge in [-0.15, -0.1) is 0 Å². The summed E-state index contributed by atoms with van der Waals surface area (Å²) in [7, 11) is 3.47. The summed E-state index contributed by atoms with van der Waals surface area (Å²) >= 11 is 0. The molecular formula is C19H26N4O3. The highest BCUT2D eigenvalue weighted by molar-refractivity contribution is 5.91. The standard InChI is InChI=1S/C19H26N4O3/c1-22-10-8-18(21-22)20-19(24)13-23-9-4-5-15(12-23)14-26-17-7-3-6-16(11-17)25-2/h3,6-8,10-11,15H,4-5,9,12-14H2,1-2H3,(H,20,21,24)/t15-/m0/s1. The number of aryl methyl sites for hydroxylation is 1. The molecule has 1 saturated heterocycles. The first kappa shape index (κ1) is 18.3. The molecule has 1 atom stereocenters. The zero-order valence-corrected chi connectivity index (χ0v) is 15.4. The number of likely N-dealkylation sites (tertiary alicyclic amines) is 1. The van der Waals surface area contributed by atoms with Gasteiger partial charge in [0.25, 0.3) is 0 Å². The normalized spacial score (nSPS) is 17.7. The number of carbonyl (C=O) groups excluding carboxylic acids is 1. The van der Waals surface area contributed by atoms with Crippen molar-refractivity contribution in [1.29, 1.82) is 0 Å². The van der Waals surface area contributed by atoms with Gasteiger partial charge in [-0.05, 0) is 31.5 Å². The zero-order chi connectivity index (χ0) is 18.4. The van der Waals surface area contributed by atoms with Crippen molar-refractivity contribution in [3.63, 3.8) is 0 Å². The first-order chi connectivity index (χ1) is 12.6. The van der Waals surface area contributed by atoms with E-state index in [0.717, 1.165) is 37.4 Å². The molecule has 0 unspecified atom stereocenters. The van der Waals surface area contributed by atoms with Crippen LogP contribution in [0.3, 0.4) is 0 Å². The van der Waals surface area contributed by atoms with Gasteiger partial charge in [-0.25, -0.2) is 0 Å². The monoisotopic (exact) mass is 358 g/mol. The Morgan fingerprint density at radius 3 is 2.96 bits per heavy atom. The van der Waals surface area contributed by atoms with Gasteiger partial charge < -0.3 is 14.8 Å². The highest BCUT2D eigenvalue weighted by Crippen LogP contribution is 2.22. The molecule has 1 aliphatic heterocycles. The SMILES string of the molecule is COc1cccc(OC[C@H]2CCCN(CC(=O)Nc3ccn(C)n3)C2)c1. The second-order valence-electron chi connectivity index (χ2n) is 6.66. The highest BCUT2D eigenvalue weighted by atomic mass is 16.5. The molecule has 3 rings (SSSR count). The van der Waals surface area contributed by atoms with Crippen molar-refractivity contribution in [1.82, 2.24) is 14.7 Å². The maximum Gasteiger partial charge on any atom is 0.239 e. The van der Waals surface area contributed by atoms with Crippen molar-refractivity contribution in [2.45, 2.75) is 12.8 Å². The molecule has 0 bridgehead atoms. The number of piperidine rings is 1. The lowest BCUT2D eigenvalue weighted by molar-refractivity contribution is -0.117. The maximum absolute atomic E-state index is 12.2. The molecule has 0 spiro atoms. The molecular weight excluding hydrogens is 332 g/mol. The van der Waals surface area contributed by atoms with E-state index in [1.807, 2.05) is 37.5 Å². The van der Waals surface area contributed by atoms with Crippen molar-refractivity contribution >= 4 is 11.7 Å². The third kappa shape index (κ3) is 5.23. The summed E-state index contributed by atoms with van der Waals surface area (Å²) in [5.41, 5.74) is 0. The molecule has 1 aromatic heterocycles. The minimum absolute atomic E-state index is 0.0296. The van der Waals surface area contributed by atoms with Gasteiger partial charge in [-0.1, -0.05) is 6.07 Å². The van der Waals surface area contributed by atoms with E-state index >= 15 is 0 Å². The van der Waals surface area contributed by atoms with Crippen LogP contribution in [0.15, 0.2) is 36.5 Å². The third-order valence-electron chi connectivity index (χ3n) is 4.48. The fourth-order valence-electron chi connectivity index (χ4n) is 3.20. The Bertz CT molecular complexity index is 731. The predicted octanol–water partition coefficient (Wildman–Crippen LogP) is 2.16. The fourth-order valence-corrected chi connectivity index (χ4v) is 3.20. The smallest absolute Gasteiger partial charge is 0.239 e. The number of rotatable bonds is 7. The lowest BCUT2D eigenvalue weighted by Gasteiger charge is -2.32. The van der Waals surface area contributed by atoms with Crippen molar-refractivity contribution < 1.29 is 14.3 Å². The number of nitrogens with one attached hydrogen (secondary N) is 1. The second kappa shape index (κ2) is 8.71. The highest BCUT2D eigenvalue weighted by Gasteiger charge is 2.22. The molecule has 1 aliphatic rings. The molecule has 1 fully saturated rings. The van der Waals surface area contributed by atoms with Crippen LogP contribution in [0.25, 0.3) is 0 Å². The zero-order valence-electron chi connectivity index (χ0n) is 15.4. The van der Waals surface area contributed by atoms with E-state index in [1.54, 1.807) is 17.9 Å². The van der Waals surface area contributed by atoms with Gasteiger partial charge in [-0.3, -0.25) is 14.4 Å². The largest absolute Gasteiger partial charge is 0.497 e. The van der Waals surface area contributed by atoms with Gasteiger partial charge in [0.1, 0.15) is 11.5 Å². The average Bonchev–Trinajstić information content (AvgIpc) is 3.05. The van der Waals surface area contributed by atoms with Gasteiger partial charge in [0.05, 0.1) is 20.3 Å². The molecule has 1 aromatic carbocycles. The quantitative estimate of drug-likeness (QED) is 0.821. The van der Waals surface area contributed by atoms with E-state index in [1.165, 1.54) is 0 Å². The van der Waals surface area contributed by atoms with Crippen LogP contribution >= 0.6 is 0 Å². The Labute approximate surface area is 153 Å². The molecule has 7 nitrogen and oxygen atoms in total. The van der Waals surface area contributed by atoms with E-state index < -0.39 is 0 Å². The van der Waals surface area contributed by atoms with Crippen LogP contribution in [0, 0.1) is 5.92 Å². The van der Waals surface area contributed by atoms with Crippen molar-refractivity contribution in [3.8, 4) is 11.5 Å². The summed E-state index contributed by atoms with van der Waals surface area (Å²) in [5.74, 6) is 2.58. The third-order valence-corrected chi connectivity index (χ3v) is 4.48. The number of amides is 1.